The molecule has 19 heavy (non-hydrogen) atoms. The fourth-order valence-electron chi connectivity index (χ4n) is 1.22. The molecule has 0 aromatic carbocycles. The number of carboxylic acids is 1. The van der Waals surface area contributed by atoms with Crippen molar-refractivity contribution >= 4 is 17.9 Å². The highest BCUT2D eigenvalue weighted by Gasteiger charge is 2.30. The maximum atomic E-state index is 11.4. The van der Waals surface area contributed by atoms with E-state index in [0.717, 1.165) is 12.8 Å². The van der Waals surface area contributed by atoms with Crippen LogP contribution in [0.1, 0.15) is 40.0 Å². The Hall–Kier alpha value is -1.63. The van der Waals surface area contributed by atoms with Crippen molar-refractivity contribution in [1.29, 1.82) is 0 Å². The molecular formula is C12H23N3O4. The molecule has 1 unspecified atom stereocenters. The number of amides is 3. The molecule has 0 saturated carbocycles. The van der Waals surface area contributed by atoms with Crippen molar-refractivity contribution in [2.24, 2.45) is 0 Å². The molecule has 0 bridgehead atoms. The van der Waals surface area contributed by atoms with E-state index in [-0.39, 0.29) is 6.54 Å². The molecule has 7 nitrogen and oxygen atoms in total. The van der Waals surface area contributed by atoms with Crippen LogP contribution in [0.15, 0.2) is 0 Å². The van der Waals surface area contributed by atoms with Crippen LogP contribution in [0.4, 0.5) is 4.79 Å². The lowest BCUT2D eigenvalue weighted by atomic mass is 9.99. The van der Waals surface area contributed by atoms with E-state index < -0.39 is 23.4 Å². The van der Waals surface area contributed by atoms with Crippen LogP contribution in [0, 0.1) is 0 Å². The molecule has 3 amide bonds. The minimum Gasteiger partial charge on any atom is -0.480 e. The Morgan fingerprint density at radius 2 is 1.84 bits per heavy atom. The van der Waals surface area contributed by atoms with Crippen LogP contribution in [0.5, 0.6) is 0 Å². The summed E-state index contributed by atoms with van der Waals surface area (Å²) in [7, 11) is 0. The number of urea groups is 1. The minimum atomic E-state index is -1.17. The van der Waals surface area contributed by atoms with E-state index in [2.05, 4.69) is 16.0 Å². The van der Waals surface area contributed by atoms with Crippen LogP contribution in [-0.2, 0) is 9.59 Å². The second-order valence-corrected chi connectivity index (χ2v) is 4.50. The fraction of sp³-hybridized carbons (Fsp3) is 0.750. The van der Waals surface area contributed by atoms with Gasteiger partial charge in [0, 0.05) is 6.54 Å². The van der Waals surface area contributed by atoms with Crippen molar-refractivity contribution in [2.75, 3.05) is 13.1 Å². The smallest absolute Gasteiger partial charge is 0.323 e. The van der Waals surface area contributed by atoms with E-state index in [9.17, 15) is 14.4 Å². The van der Waals surface area contributed by atoms with Gasteiger partial charge in [0.2, 0.25) is 5.91 Å². The average Bonchev–Trinajstić information content (AvgIpc) is 2.36. The number of carboxylic acid groups (broad SMARTS) is 1. The molecule has 0 aromatic rings. The van der Waals surface area contributed by atoms with Crippen LogP contribution in [0.25, 0.3) is 0 Å². The summed E-state index contributed by atoms with van der Waals surface area (Å²) in [6, 6.07) is -0.561. The van der Waals surface area contributed by atoms with Gasteiger partial charge in [-0.15, -0.1) is 0 Å². The first-order valence-corrected chi connectivity index (χ1v) is 6.41. The van der Waals surface area contributed by atoms with Crippen LogP contribution in [-0.4, -0.2) is 41.6 Å². The van der Waals surface area contributed by atoms with Gasteiger partial charge in [0.1, 0.15) is 5.54 Å². The van der Waals surface area contributed by atoms with Crippen molar-refractivity contribution < 1.29 is 19.5 Å². The van der Waals surface area contributed by atoms with Gasteiger partial charge < -0.3 is 10.4 Å². The molecule has 0 rings (SSSR count). The molecule has 0 aliphatic heterocycles. The van der Waals surface area contributed by atoms with Crippen molar-refractivity contribution in [1.82, 2.24) is 16.0 Å². The van der Waals surface area contributed by atoms with Gasteiger partial charge in [-0.05, 0) is 19.8 Å². The summed E-state index contributed by atoms with van der Waals surface area (Å²) in [6.45, 7) is 5.47. The predicted molar refractivity (Wildman–Crippen MR) is 70.8 cm³/mol. The van der Waals surface area contributed by atoms with Gasteiger partial charge in [-0.25, -0.2) is 4.79 Å². The Bertz CT molecular complexity index is 333. The number of aliphatic carboxylic acids is 1. The first-order valence-electron chi connectivity index (χ1n) is 6.41. The quantitative estimate of drug-likeness (QED) is 0.480. The zero-order valence-corrected chi connectivity index (χ0v) is 11.7. The summed E-state index contributed by atoms with van der Waals surface area (Å²) in [5.41, 5.74) is -1.17. The maximum Gasteiger partial charge on any atom is 0.323 e. The molecule has 7 heteroatoms. The standard InChI is InChI=1S/C12H23N3O4/c1-4-6-7-13-11(19)15-9(16)8-14-12(3,5-2)10(17)18/h14H,4-8H2,1-3H3,(H,17,18)(H2,13,15,16,19). The lowest BCUT2D eigenvalue weighted by Crippen LogP contribution is -2.53. The minimum absolute atomic E-state index is 0.224. The highest BCUT2D eigenvalue weighted by molar-refractivity contribution is 5.95. The number of nitrogens with one attached hydrogen (secondary N) is 3. The normalized spacial score (nSPS) is 13.4. The summed E-state index contributed by atoms with van der Waals surface area (Å²) in [4.78, 5) is 33.7. The largest absolute Gasteiger partial charge is 0.480 e. The van der Waals surface area contributed by atoms with Gasteiger partial charge in [-0.2, -0.15) is 0 Å². The highest BCUT2D eigenvalue weighted by atomic mass is 16.4. The van der Waals surface area contributed by atoms with Crippen LogP contribution >= 0.6 is 0 Å². The summed E-state index contributed by atoms with van der Waals surface area (Å²) in [5, 5.41) is 16.3. The third kappa shape index (κ3) is 6.76. The van der Waals surface area contributed by atoms with Gasteiger partial charge >= 0.3 is 12.0 Å². The number of hydrogen-bond acceptors (Lipinski definition) is 4. The van der Waals surface area contributed by atoms with Gasteiger partial charge in [-0.3, -0.25) is 20.2 Å². The first kappa shape index (κ1) is 17.4. The Kier molecular flexibility index (Phi) is 7.74. The van der Waals surface area contributed by atoms with E-state index in [1.807, 2.05) is 6.92 Å². The molecule has 0 spiro atoms. The number of rotatable bonds is 8. The van der Waals surface area contributed by atoms with Gasteiger partial charge in [0.05, 0.1) is 6.54 Å². The van der Waals surface area contributed by atoms with Crippen molar-refractivity contribution in [3.63, 3.8) is 0 Å². The lowest BCUT2D eigenvalue weighted by molar-refractivity contribution is -0.144. The van der Waals surface area contributed by atoms with Gasteiger partial charge in [0.25, 0.3) is 0 Å². The van der Waals surface area contributed by atoms with Gasteiger partial charge in [0.15, 0.2) is 0 Å². The predicted octanol–water partition coefficient (Wildman–Crippen LogP) is 0.455. The van der Waals surface area contributed by atoms with Crippen molar-refractivity contribution in [3.05, 3.63) is 0 Å². The number of unbranched alkanes of at least 4 members (excludes halogenated alkanes) is 1. The summed E-state index contributed by atoms with van der Waals surface area (Å²) in [5.74, 6) is -1.59. The average molecular weight is 273 g/mol. The molecule has 0 fully saturated rings. The summed E-state index contributed by atoms with van der Waals surface area (Å²) < 4.78 is 0. The Morgan fingerprint density at radius 1 is 1.21 bits per heavy atom. The molecule has 110 valence electrons. The number of carbonyl (C=O) groups excluding carboxylic acids is 2. The second-order valence-electron chi connectivity index (χ2n) is 4.50. The fourth-order valence-corrected chi connectivity index (χ4v) is 1.22. The lowest BCUT2D eigenvalue weighted by Gasteiger charge is -2.24. The van der Waals surface area contributed by atoms with Crippen LogP contribution < -0.4 is 16.0 Å². The molecule has 0 heterocycles. The molecule has 1 atom stereocenters. The number of carbonyl (C=O) groups is 3. The molecule has 0 aliphatic carbocycles. The second kappa shape index (κ2) is 8.47. The third-order valence-electron chi connectivity index (χ3n) is 2.89. The molecule has 4 N–H and O–H groups in total. The Balaban J connectivity index is 4.05. The molecule has 0 saturated heterocycles. The first-order chi connectivity index (χ1) is 8.85. The Labute approximate surface area is 113 Å². The highest BCUT2D eigenvalue weighted by Crippen LogP contribution is 2.08. The van der Waals surface area contributed by atoms with E-state index >= 15 is 0 Å². The molecule has 0 aliphatic rings. The maximum absolute atomic E-state index is 11.4. The zero-order chi connectivity index (χ0) is 14.9. The molecule has 0 radical (unpaired) electrons. The van der Waals surface area contributed by atoms with E-state index in [4.69, 9.17) is 5.11 Å². The topological polar surface area (TPSA) is 108 Å². The summed E-state index contributed by atoms with van der Waals surface area (Å²) >= 11 is 0. The Morgan fingerprint density at radius 3 is 2.32 bits per heavy atom. The number of hydrogen-bond donors (Lipinski definition) is 4. The monoisotopic (exact) mass is 273 g/mol. The third-order valence-corrected chi connectivity index (χ3v) is 2.89. The van der Waals surface area contributed by atoms with Crippen molar-refractivity contribution in [3.8, 4) is 0 Å². The number of imide groups is 1. The van der Waals surface area contributed by atoms with E-state index in [0.29, 0.717) is 13.0 Å². The molecule has 0 aromatic heterocycles. The van der Waals surface area contributed by atoms with Gasteiger partial charge in [-0.1, -0.05) is 20.3 Å². The van der Waals surface area contributed by atoms with E-state index in [1.165, 1.54) is 6.92 Å². The zero-order valence-electron chi connectivity index (χ0n) is 11.7. The molecular weight excluding hydrogens is 250 g/mol. The SMILES string of the molecule is CCCCNC(=O)NC(=O)CNC(C)(CC)C(=O)O. The van der Waals surface area contributed by atoms with Crippen LogP contribution in [0.2, 0.25) is 0 Å². The van der Waals surface area contributed by atoms with Crippen molar-refractivity contribution in [2.45, 2.75) is 45.6 Å². The summed E-state index contributed by atoms with van der Waals surface area (Å²) in [6.07, 6.45) is 2.12. The van der Waals surface area contributed by atoms with E-state index in [1.54, 1.807) is 6.92 Å². The van der Waals surface area contributed by atoms with Crippen LogP contribution in [0.3, 0.4) is 0 Å².